The molecule has 0 radical (unpaired) electrons. The Labute approximate surface area is 117 Å². The summed E-state index contributed by atoms with van der Waals surface area (Å²) >= 11 is 1.54. The number of carbonyl (C=O) groups is 1. The van der Waals surface area contributed by atoms with Gasteiger partial charge in [-0.3, -0.25) is 4.79 Å². The van der Waals surface area contributed by atoms with Gasteiger partial charge in [-0.2, -0.15) is 0 Å². The molecule has 2 heterocycles. The van der Waals surface area contributed by atoms with Crippen LogP contribution < -0.4 is 5.14 Å². The molecule has 0 unspecified atom stereocenters. The summed E-state index contributed by atoms with van der Waals surface area (Å²) in [5.74, 6) is -0.241. The summed E-state index contributed by atoms with van der Waals surface area (Å²) in [5.41, 5.74) is 0. The summed E-state index contributed by atoms with van der Waals surface area (Å²) in [6.07, 6.45) is 1.22. The van der Waals surface area contributed by atoms with E-state index in [9.17, 15) is 13.2 Å². The number of piperidine rings is 1. The van der Waals surface area contributed by atoms with Gasteiger partial charge in [0.1, 0.15) is 0 Å². The summed E-state index contributed by atoms with van der Waals surface area (Å²) < 4.78 is 22.8. The van der Waals surface area contributed by atoms with Crippen LogP contribution in [0.3, 0.4) is 0 Å². The normalized spacial score (nSPS) is 22.2. The first-order valence-electron chi connectivity index (χ1n) is 6.23. The first-order chi connectivity index (χ1) is 8.89. The summed E-state index contributed by atoms with van der Waals surface area (Å²) in [7, 11) is -3.56. The number of amides is 1. The number of thiophene rings is 1. The average molecular weight is 302 g/mol. The van der Waals surface area contributed by atoms with E-state index in [0.29, 0.717) is 19.4 Å². The summed E-state index contributed by atoms with van der Waals surface area (Å²) in [6, 6.07) is 3.83. The molecule has 2 atom stereocenters. The number of hydrogen-bond donors (Lipinski definition) is 1. The van der Waals surface area contributed by atoms with Crippen molar-refractivity contribution in [3.8, 4) is 0 Å². The van der Waals surface area contributed by atoms with Crippen LogP contribution in [-0.2, 0) is 14.8 Å². The molecule has 1 aromatic rings. The second-order valence-electron chi connectivity index (χ2n) is 4.87. The summed E-state index contributed by atoms with van der Waals surface area (Å²) in [6.45, 7) is 2.68. The van der Waals surface area contributed by atoms with E-state index in [2.05, 4.69) is 0 Å². The fourth-order valence-corrected chi connectivity index (χ4v) is 4.00. The van der Waals surface area contributed by atoms with Gasteiger partial charge in [-0.05, 0) is 31.2 Å². The molecule has 0 aliphatic carbocycles. The molecular formula is C12H18N2O3S2. The lowest BCUT2D eigenvalue weighted by Gasteiger charge is -2.33. The van der Waals surface area contributed by atoms with Crippen molar-refractivity contribution in [3.05, 3.63) is 22.4 Å². The predicted octanol–water partition coefficient (Wildman–Crippen LogP) is 1.13. The van der Waals surface area contributed by atoms with Gasteiger partial charge in [-0.25, -0.2) is 13.6 Å². The summed E-state index contributed by atoms with van der Waals surface area (Å²) in [4.78, 5) is 15.0. The first kappa shape index (κ1) is 14.5. The smallest absolute Gasteiger partial charge is 0.230 e. The Hall–Kier alpha value is -0.920. The van der Waals surface area contributed by atoms with E-state index < -0.39 is 15.3 Å². The second-order valence-corrected chi connectivity index (χ2v) is 7.70. The van der Waals surface area contributed by atoms with Crippen LogP contribution >= 0.6 is 11.3 Å². The van der Waals surface area contributed by atoms with Gasteiger partial charge in [0.25, 0.3) is 0 Å². The van der Waals surface area contributed by atoms with Crippen molar-refractivity contribution in [3.63, 3.8) is 0 Å². The van der Waals surface area contributed by atoms with Gasteiger partial charge in [-0.1, -0.05) is 6.07 Å². The Bertz CT molecular complexity index is 539. The van der Waals surface area contributed by atoms with Crippen LogP contribution in [0.1, 0.15) is 30.6 Å². The number of primary sulfonamides is 1. The number of hydrogen-bond acceptors (Lipinski definition) is 4. The van der Waals surface area contributed by atoms with Crippen molar-refractivity contribution in [2.24, 2.45) is 5.14 Å². The number of rotatable bonds is 3. The topological polar surface area (TPSA) is 80.5 Å². The van der Waals surface area contributed by atoms with Crippen LogP contribution in [0.5, 0.6) is 0 Å². The molecule has 7 heteroatoms. The predicted molar refractivity (Wildman–Crippen MR) is 75.4 cm³/mol. The highest BCUT2D eigenvalue weighted by molar-refractivity contribution is 7.89. The molecule has 1 saturated heterocycles. The number of nitrogens with two attached hydrogens (primary N) is 1. The average Bonchev–Trinajstić information content (AvgIpc) is 2.90. The van der Waals surface area contributed by atoms with Crippen LogP contribution in [-0.4, -0.2) is 37.6 Å². The molecule has 19 heavy (non-hydrogen) atoms. The Morgan fingerprint density at radius 3 is 2.89 bits per heavy atom. The van der Waals surface area contributed by atoms with E-state index in [1.165, 1.54) is 11.3 Å². The van der Waals surface area contributed by atoms with E-state index >= 15 is 0 Å². The summed E-state index contributed by atoms with van der Waals surface area (Å²) in [5, 5.41) is 6.49. The van der Waals surface area contributed by atoms with Gasteiger partial charge < -0.3 is 4.90 Å². The fourth-order valence-electron chi connectivity index (χ4n) is 2.34. The number of carbonyl (C=O) groups excluding carboxylic acids is 1. The molecule has 1 aliphatic rings. The fraction of sp³-hybridized carbons (Fsp3) is 0.583. The van der Waals surface area contributed by atoms with Gasteiger partial charge in [0.15, 0.2) is 0 Å². The lowest BCUT2D eigenvalue weighted by Crippen LogP contribution is -2.48. The maximum absolute atomic E-state index is 12.4. The Balaban J connectivity index is 2.07. The molecule has 2 N–H and O–H groups in total. The number of sulfonamides is 1. The molecule has 0 aromatic carbocycles. The van der Waals surface area contributed by atoms with E-state index in [0.717, 1.165) is 4.88 Å². The molecule has 0 bridgehead atoms. The maximum atomic E-state index is 12.4. The van der Waals surface area contributed by atoms with Crippen molar-refractivity contribution < 1.29 is 13.2 Å². The van der Waals surface area contributed by atoms with E-state index in [1.807, 2.05) is 24.4 Å². The molecule has 1 aliphatic heterocycles. The third-order valence-corrected chi connectivity index (χ3v) is 5.86. The Morgan fingerprint density at radius 2 is 2.32 bits per heavy atom. The van der Waals surface area contributed by atoms with Gasteiger partial charge >= 0.3 is 0 Å². The van der Waals surface area contributed by atoms with E-state index in [4.69, 9.17) is 5.14 Å². The highest BCUT2D eigenvalue weighted by atomic mass is 32.2. The molecule has 106 valence electrons. The maximum Gasteiger partial charge on any atom is 0.230 e. The number of nitrogens with zero attached hydrogens (tertiary/aromatic N) is 1. The van der Waals surface area contributed by atoms with Crippen molar-refractivity contribution in [1.82, 2.24) is 4.90 Å². The van der Waals surface area contributed by atoms with E-state index in [-0.39, 0.29) is 18.4 Å². The lowest BCUT2D eigenvalue weighted by molar-refractivity contribution is -0.133. The minimum absolute atomic E-state index is 0.0178. The van der Waals surface area contributed by atoms with Crippen molar-refractivity contribution in [1.29, 1.82) is 0 Å². The van der Waals surface area contributed by atoms with Gasteiger partial charge in [0, 0.05) is 18.0 Å². The Kier molecular flexibility index (Phi) is 4.27. The van der Waals surface area contributed by atoms with Gasteiger partial charge in [0.05, 0.1) is 11.2 Å². The number of likely N-dealkylation sites (tertiary alicyclic amines) is 1. The zero-order valence-corrected chi connectivity index (χ0v) is 12.4. The van der Waals surface area contributed by atoms with Crippen LogP contribution in [0.4, 0.5) is 0 Å². The first-order valence-corrected chi connectivity index (χ1v) is 8.72. The molecule has 2 rings (SSSR count). The highest BCUT2D eigenvalue weighted by Gasteiger charge is 2.32. The quantitative estimate of drug-likeness (QED) is 0.909. The largest absolute Gasteiger partial charge is 0.341 e. The third-order valence-electron chi connectivity index (χ3n) is 3.49. The van der Waals surface area contributed by atoms with Crippen molar-refractivity contribution in [2.75, 3.05) is 13.1 Å². The molecule has 1 amide bonds. The molecular weight excluding hydrogens is 284 g/mol. The zero-order chi connectivity index (χ0) is 14.0. The molecule has 0 spiro atoms. The molecule has 0 saturated carbocycles. The van der Waals surface area contributed by atoms with Crippen molar-refractivity contribution >= 4 is 27.3 Å². The third kappa shape index (κ3) is 3.34. The standard InChI is InChI=1S/C12H18N2O3S2/c1-9(11-5-3-7-18-11)12(15)14-6-2-4-10(8-14)19(13,16)17/h3,5,7,9-10H,2,4,6,8H2,1H3,(H2,13,16,17)/t9-,10-/m1/s1. The van der Waals surface area contributed by atoms with Crippen LogP contribution in [0.2, 0.25) is 0 Å². The lowest BCUT2D eigenvalue weighted by atomic mass is 10.1. The minimum atomic E-state index is -3.56. The minimum Gasteiger partial charge on any atom is -0.341 e. The SMILES string of the molecule is C[C@@H](C(=O)N1CCC[C@@H](S(N)(=O)=O)C1)c1cccs1. The van der Waals surface area contributed by atoms with Crippen LogP contribution in [0.25, 0.3) is 0 Å². The van der Waals surface area contributed by atoms with E-state index in [1.54, 1.807) is 4.90 Å². The highest BCUT2D eigenvalue weighted by Crippen LogP contribution is 2.25. The molecule has 1 aromatic heterocycles. The monoisotopic (exact) mass is 302 g/mol. The van der Waals surface area contributed by atoms with Gasteiger partial charge in [-0.15, -0.1) is 11.3 Å². The van der Waals surface area contributed by atoms with Gasteiger partial charge in [0.2, 0.25) is 15.9 Å². The molecule has 5 nitrogen and oxygen atoms in total. The molecule has 1 fully saturated rings. The van der Waals surface area contributed by atoms with Crippen molar-refractivity contribution in [2.45, 2.75) is 30.9 Å². The van der Waals surface area contributed by atoms with Crippen LogP contribution in [0.15, 0.2) is 17.5 Å². The van der Waals surface area contributed by atoms with Crippen LogP contribution in [0, 0.1) is 0 Å². The Morgan fingerprint density at radius 1 is 1.58 bits per heavy atom. The second kappa shape index (κ2) is 5.60. The zero-order valence-electron chi connectivity index (χ0n) is 10.8.